The van der Waals surface area contributed by atoms with Crippen molar-refractivity contribution in [3.8, 4) is 34.5 Å². The van der Waals surface area contributed by atoms with Crippen molar-refractivity contribution >= 4 is 10.9 Å². The van der Waals surface area contributed by atoms with E-state index in [-0.39, 0.29) is 11.2 Å². The van der Waals surface area contributed by atoms with E-state index < -0.39 is 0 Å². The number of benzene rings is 3. The van der Waals surface area contributed by atoms with Crippen LogP contribution < -0.4 is 9.47 Å². The van der Waals surface area contributed by atoms with Crippen LogP contribution in [0.3, 0.4) is 0 Å². The molecular weight excluding hydrogens is 388 g/mol. The van der Waals surface area contributed by atoms with Gasteiger partial charge in [0.25, 0.3) is 0 Å². The molecule has 1 heterocycles. The van der Waals surface area contributed by atoms with E-state index in [4.69, 9.17) is 9.47 Å². The Morgan fingerprint density at radius 2 is 1.65 bits per heavy atom. The van der Waals surface area contributed by atoms with Crippen LogP contribution in [0.15, 0.2) is 66.7 Å². The number of phenolic OH excluding ortho intramolecular Hbond substituents is 1. The van der Waals surface area contributed by atoms with Gasteiger partial charge in [0.1, 0.15) is 5.75 Å². The minimum absolute atomic E-state index is 0.00242. The van der Waals surface area contributed by atoms with Crippen LogP contribution in [0.2, 0.25) is 0 Å². The monoisotopic (exact) mass is 414 g/mol. The van der Waals surface area contributed by atoms with Gasteiger partial charge in [-0.1, -0.05) is 51.1 Å². The molecule has 0 bridgehead atoms. The average Bonchev–Trinajstić information content (AvgIpc) is 2.79. The van der Waals surface area contributed by atoms with Crippen molar-refractivity contribution in [3.63, 3.8) is 0 Å². The van der Waals surface area contributed by atoms with Crippen molar-refractivity contribution in [3.05, 3.63) is 72.3 Å². The quantitative estimate of drug-likeness (QED) is 0.391. The molecule has 0 amide bonds. The lowest BCUT2D eigenvalue weighted by atomic mass is 9.82. The van der Waals surface area contributed by atoms with Crippen LogP contribution in [-0.2, 0) is 5.41 Å². The summed E-state index contributed by atoms with van der Waals surface area (Å²) in [5.41, 5.74) is 2.58. The molecule has 0 aliphatic rings. The summed E-state index contributed by atoms with van der Waals surface area (Å²) >= 11 is 0. The highest BCUT2D eigenvalue weighted by Gasteiger charge is 2.19. The van der Waals surface area contributed by atoms with E-state index in [1.54, 1.807) is 18.2 Å². The van der Waals surface area contributed by atoms with Crippen LogP contribution >= 0.6 is 0 Å². The van der Waals surface area contributed by atoms with Crippen LogP contribution in [-0.4, -0.2) is 22.2 Å². The van der Waals surface area contributed by atoms with Gasteiger partial charge in [0.2, 0.25) is 5.88 Å². The summed E-state index contributed by atoms with van der Waals surface area (Å²) < 4.78 is 11.4. The normalized spacial score (nSPS) is 11.5. The van der Waals surface area contributed by atoms with Crippen LogP contribution in [0.4, 0.5) is 0 Å². The molecule has 1 N–H and O–H groups in total. The molecule has 5 nitrogen and oxygen atoms in total. The Hall–Kier alpha value is -3.60. The molecule has 31 heavy (non-hydrogen) atoms. The second-order valence-electron chi connectivity index (χ2n) is 8.09. The van der Waals surface area contributed by atoms with E-state index in [9.17, 15) is 5.11 Å². The molecule has 0 radical (unpaired) electrons. The van der Waals surface area contributed by atoms with E-state index in [2.05, 4.69) is 42.9 Å². The molecule has 158 valence electrons. The molecule has 0 spiro atoms. The SMILES string of the molecule is CCC(C)(C)c1ccc(Oc2nc(-c3cccc(OC)c3O)nc3ccccc23)cc1. The summed E-state index contributed by atoms with van der Waals surface area (Å²) in [6.45, 7) is 6.65. The highest BCUT2D eigenvalue weighted by Crippen LogP contribution is 2.38. The number of aromatic hydroxyl groups is 1. The Labute approximate surface area is 182 Å². The van der Waals surface area contributed by atoms with Crippen molar-refractivity contribution in [2.45, 2.75) is 32.6 Å². The van der Waals surface area contributed by atoms with E-state index in [0.29, 0.717) is 28.8 Å². The third-order valence-corrected chi connectivity index (χ3v) is 5.76. The molecule has 5 heteroatoms. The van der Waals surface area contributed by atoms with Gasteiger partial charge < -0.3 is 14.6 Å². The largest absolute Gasteiger partial charge is 0.504 e. The van der Waals surface area contributed by atoms with E-state index >= 15 is 0 Å². The number of nitrogens with zero attached hydrogens (tertiary/aromatic N) is 2. The van der Waals surface area contributed by atoms with Crippen molar-refractivity contribution < 1.29 is 14.6 Å². The zero-order valence-electron chi connectivity index (χ0n) is 18.2. The number of hydrogen-bond acceptors (Lipinski definition) is 5. The van der Waals surface area contributed by atoms with E-state index in [1.165, 1.54) is 12.7 Å². The van der Waals surface area contributed by atoms with Crippen molar-refractivity contribution in [1.82, 2.24) is 9.97 Å². The van der Waals surface area contributed by atoms with Crippen molar-refractivity contribution in [1.29, 1.82) is 0 Å². The summed E-state index contributed by atoms with van der Waals surface area (Å²) in [6.07, 6.45) is 1.05. The molecule has 0 fully saturated rings. The number of fused-ring (bicyclic) bond motifs is 1. The fourth-order valence-corrected chi connectivity index (χ4v) is 3.40. The number of para-hydroxylation sites is 2. The molecular formula is C26H26N2O3. The Morgan fingerprint density at radius 1 is 0.903 bits per heavy atom. The van der Waals surface area contributed by atoms with Gasteiger partial charge in [-0.15, -0.1) is 0 Å². The van der Waals surface area contributed by atoms with E-state index in [1.807, 2.05) is 36.4 Å². The van der Waals surface area contributed by atoms with Crippen LogP contribution in [0.1, 0.15) is 32.8 Å². The summed E-state index contributed by atoms with van der Waals surface area (Å²) in [6, 6.07) is 21.0. The molecule has 1 aromatic heterocycles. The first kappa shape index (κ1) is 20.7. The van der Waals surface area contributed by atoms with E-state index in [0.717, 1.165) is 17.3 Å². The topological polar surface area (TPSA) is 64.5 Å². The smallest absolute Gasteiger partial charge is 0.230 e. The van der Waals surface area contributed by atoms with Gasteiger partial charge in [0, 0.05) is 0 Å². The lowest BCUT2D eigenvalue weighted by Gasteiger charge is -2.23. The predicted octanol–water partition coefficient (Wildman–Crippen LogP) is 6.49. The van der Waals surface area contributed by atoms with Crippen LogP contribution in [0.25, 0.3) is 22.3 Å². The number of phenols is 1. The molecule has 0 aliphatic carbocycles. The first-order chi connectivity index (χ1) is 14.9. The summed E-state index contributed by atoms with van der Waals surface area (Å²) in [5, 5.41) is 11.4. The zero-order valence-corrected chi connectivity index (χ0v) is 18.2. The Kier molecular flexibility index (Phi) is 5.51. The fourth-order valence-electron chi connectivity index (χ4n) is 3.40. The predicted molar refractivity (Wildman–Crippen MR) is 123 cm³/mol. The third kappa shape index (κ3) is 4.04. The molecule has 0 unspecified atom stereocenters. The summed E-state index contributed by atoms with van der Waals surface area (Å²) in [4.78, 5) is 9.28. The molecule has 0 saturated carbocycles. The van der Waals surface area contributed by atoms with Crippen LogP contribution in [0, 0.1) is 0 Å². The second-order valence-corrected chi connectivity index (χ2v) is 8.09. The first-order valence-electron chi connectivity index (χ1n) is 10.3. The van der Waals surface area contributed by atoms with Gasteiger partial charge in [-0.3, -0.25) is 0 Å². The maximum Gasteiger partial charge on any atom is 0.230 e. The van der Waals surface area contributed by atoms with Gasteiger partial charge >= 0.3 is 0 Å². The number of aromatic nitrogens is 2. The molecule has 3 aromatic carbocycles. The highest BCUT2D eigenvalue weighted by molar-refractivity contribution is 5.86. The molecule has 4 rings (SSSR count). The first-order valence-corrected chi connectivity index (χ1v) is 10.3. The van der Waals surface area contributed by atoms with Crippen molar-refractivity contribution in [2.24, 2.45) is 0 Å². The summed E-state index contributed by atoms with van der Waals surface area (Å²) in [5.74, 6) is 1.86. The Balaban J connectivity index is 1.78. The molecule has 0 saturated heterocycles. The van der Waals surface area contributed by atoms with Gasteiger partial charge in [-0.25, -0.2) is 4.98 Å². The van der Waals surface area contributed by atoms with Crippen LogP contribution in [0.5, 0.6) is 23.1 Å². The number of methoxy groups -OCH3 is 1. The third-order valence-electron chi connectivity index (χ3n) is 5.76. The van der Waals surface area contributed by atoms with Gasteiger partial charge in [-0.05, 0) is 53.8 Å². The Morgan fingerprint density at radius 3 is 2.35 bits per heavy atom. The maximum atomic E-state index is 10.6. The number of rotatable bonds is 6. The second kappa shape index (κ2) is 8.26. The standard InChI is InChI=1S/C26H26N2O3/c1-5-26(2,3)17-13-15-18(16-14-17)31-25-19-9-6-7-11-21(19)27-24(28-25)20-10-8-12-22(30-4)23(20)29/h6-16,29H,5H2,1-4H3. The minimum Gasteiger partial charge on any atom is -0.504 e. The molecule has 0 aliphatic heterocycles. The molecule has 4 aromatic rings. The van der Waals surface area contributed by atoms with Gasteiger partial charge in [-0.2, -0.15) is 4.98 Å². The average molecular weight is 415 g/mol. The minimum atomic E-state index is -0.00242. The summed E-state index contributed by atoms with van der Waals surface area (Å²) in [7, 11) is 1.51. The number of ether oxygens (including phenoxy) is 2. The van der Waals surface area contributed by atoms with Crippen molar-refractivity contribution in [2.75, 3.05) is 7.11 Å². The lowest BCUT2D eigenvalue weighted by Crippen LogP contribution is -2.14. The molecule has 0 atom stereocenters. The lowest BCUT2D eigenvalue weighted by molar-refractivity contribution is 0.374. The van der Waals surface area contributed by atoms with Gasteiger partial charge in [0.15, 0.2) is 17.3 Å². The maximum absolute atomic E-state index is 10.6. The highest BCUT2D eigenvalue weighted by atomic mass is 16.5. The zero-order chi connectivity index (χ0) is 22.0. The fraction of sp³-hybridized carbons (Fsp3) is 0.231. The Bertz CT molecular complexity index is 1220. The number of hydrogen-bond donors (Lipinski definition) is 1. The van der Waals surface area contributed by atoms with Gasteiger partial charge in [0.05, 0.1) is 23.6 Å².